The van der Waals surface area contributed by atoms with E-state index in [4.69, 9.17) is 11.6 Å². The Morgan fingerprint density at radius 2 is 2.19 bits per heavy atom. The number of hydrogen-bond acceptors (Lipinski definition) is 2. The van der Waals surface area contributed by atoms with Crippen LogP contribution >= 0.6 is 11.6 Å². The molecule has 3 nitrogen and oxygen atoms in total. The number of benzene rings is 1. The molecule has 16 heavy (non-hydrogen) atoms. The maximum atomic E-state index is 6.12. The number of rotatable bonds is 3. The van der Waals surface area contributed by atoms with Crippen LogP contribution in [0, 0.1) is 13.8 Å². The zero-order valence-electron chi connectivity index (χ0n) is 9.34. The van der Waals surface area contributed by atoms with Crippen molar-refractivity contribution in [3.8, 4) is 0 Å². The fraction of sp³-hybridized carbons (Fsp3) is 0.250. The molecule has 4 heteroatoms. The lowest BCUT2D eigenvalue weighted by molar-refractivity contribution is 1.05. The summed E-state index contributed by atoms with van der Waals surface area (Å²) in [6, 6.07) is 5.96. The lowest BCUT2D eigenvalue weighted by atomic mass is 10.2. The third kappa shape index (κ3) is 2.36. The van der Waals surface area contributed by atoms with E-state index in [1.165, 1.54) is 0 Å². The van der Waals surface area contributed by atoms with Gasteiger partial charge in [-0.2, -0.15) is 0 Å². The van der Waals surface area contributed by atoms with E-state index in [2.05, 4.69) is 15.3 Å². The van der Waals surface area contributed by atoms with Gasteiger partial charge in [0.2, 0.25) is 0 Å². The average molecular weight is 236 g/mol. The molecule has 0 aliphatic rings. The number of aryl methyl sites for hydroxylation is 2. The number of hydrogen-bond donors (Lipinski definition) is 2. The molecule has 84 valence electrons. The van der Waals surface area contributed by atoms with E-state index in [1.807, 2.05) is 32.0 Å². The highest BCUT2D eigenvalue weighted by molar-refractivity contribution is 6.33. The van der Waals surface area contributed by atoms with Crippen LogP contribution in [0.5, 0.6) is 0 Å². The summed E-state index contributed by atoms with van der Waals surface area (Å²) in [5.41, 5.74) is 4.19. The molecular weight excluding hydrogens is 222 g/mol. The zero-order chi connectivity index (χ0) is 11.5. The number of nitrogens with one attached hydrogen (secondary N) is 2. The highest BCUT2D eigenvalue weighted by atomic mass is 35.5. The van der Waals surface area contributed by atoms with Gasteiger partial charge in [-0.05, 0) is 31.5 Å². The molecule has 0 saturated carbocycles. The second-order valence-electron chi connectivity index (χ2n) is 3.81. The first-order valence-electron chi connectivity index (χ1n) is 5.15. The summed E-state index contributed by atoms with van der Waals surface area (Å²) < 4.78 is 0. The highest BCUT2D eigenvalue weighted by Gasteiger charge is 2.03. The summed E-state index contributed by atoms with van der Waals surface area (Å²) in [5, 5.41) is 4.01. The van der Waals surface area contributed by atoms with Gasteiger partial charge in [0.1, 0.15) is 0 Å². The third-order valence-electron chi connectivity index (χ3n) is 2.51. The molecule has 2 rings (SSSR count). The first-order valence-corrected chi connectivity index (χ1v) is 5.53. The molecule has 0 saturated heterocycles. The van der Waals surface area contributed by atoms with Crippen LogP contribution in [0.25, 0.3) is 0 Å². The van der Waals surface area contributed by atoms with E-state index in [0.717, 1.165) is 27.7 Å². The molecule has 1 heterocycles. The van der Waals surface area contributed by atoms with Gasteiger partial charge < -0.3 is 10.3 Å². The molecule has 1 aromatic carbocycles. The van der Waals surface area contributed by atoms with Crippen molar-refractivity contribution in [3.05, 3.63) is 46.5 Å². The number of aromatic nitrogens is 2. The van der Waals surface area contributed by atoms with Crippen LogP contribution in [-0.4, -0.2) is 9.97 Å². The first kappa shape index (κ1) is 11.0. The fourth-order valence-corrected chi connectivity index (χ4v) is 1.81. The summed E-state index contributed by atoms with van der Waals surface area (Å²) in [4.78, 5) is 7.26. The molecule has 0 amide bonds. The van der Waals surface area contributed by atoms with Crippen molar-refractivity contribution in [2.24, 2.45) is 0 Å². The molecule has 0 aliphatic heterocycles. The van der Waals surface area contributed by atoms with Crippen molar-refractivity contribution < 1.29 is 0 Å². The molecule has 0 atom stereocenters. The number of aromatic amines is 1. The van der Waals surface area contributed by atoms with Gasteiger partial charge in [-0.25, -0.2) is 4.98 Å². The number of H-pyrrole nitrogens is 1. The van der Waals surface area contributed by atoms with Crippen LogP contribution in [0.4, 0.5) is 5.69 Å². The number of halogens is 1. The number of nitrogens with zero attached hydrogens (tertiary/aromatic N) is 1. The van der Waals surface area contributed by atoms with Gasteiger partial charge in [-0.1, -0.05) is 17.7 Å². The molecule has 0 fully saturated rings. The molecule has 1 aromatic heterocycles. The Morgan fingerprint density at radius 1 is 1.38 bits per heavy atom. The quantitative estimate of drug-likeness (QED) is 0.857. The fourth-order valence-electron chi connectivity index (χ4n) is 1.51. The Morgan fingerprint density at radius 3 is 2.81 bits per heavy atom. The van der Waals surface area contributed by atoms with Gasteiger partial charge in [0, 0.05) is 5.69 Å². The maximum Gasteiger partial charge on any atom is 0.0925 e. The largest absolute Gasteiger partial charge is 0.378 e. The standard InChI is InChI=1S/C12H14ClN3/c1-8-3-4-11(10(13)5-8)14-6-12-9(2)15-7-16-12/h3-5,7,14H,6H2,1-2H3,(H,15,16). The van der Waals surface area contributed by atoms with Crippen molar-refractivity contribution in [3.63, 3.8) is 0 Å². The molecule has 0 spiro atoms. The van der Waals surface area contributed by atoms with Crippen LogP contribution in [-0.2, 0) is 6.54 Å². The summed E-state index contributed by atoms with van der Waals surface area (Å²) in [7, 11) is 0. The summed E-state index contributed by atoms with van der Waals surface area (Å²) in [5.74, 6) is 0. The molecule has 0 unspecified atom stereocenters. The summed E-state index contributed by atoms with van der Waals surface area (Å²) in [6.07, 6.45) is 1.70. The third-order valence-corrected chi connectivity index (χ3v) is 2.82. The Balaban J connectivity index is 2.08. The van der Waals surface area contributed by atoms with E-state index in [-0.39, 0.29) is 0 Å². The summed E-state index contributed by atoms with van der Waals surface area (Å²) >= 11 is 6.12. The van der Waals surface area contributed by atoms with Crippen LogP contribution in [0.2, 0.25) is 5.02 Å². The normalized spacial score (nSPS) is 10.4. The van der Waals surface area contributed by atoms with Crippen molar-refractivity contribution in [1.82, 2.24) is 9.97 Å². The Hall–Kier alpha value is -1.48. The van der Waals surface area contributed by atoms with Gasteiger partial charge in [0.25, 0.3) is 0 Å². The van der Waals surface area contributed by atoms with Crippen molar-refractivity contribution >= 4 is 17.3 Å². The zero-order valence-corrected chi connectivity index (χ0v) is 10.1. The molecule has 0 radical (unpaired) electrons. The Bertz CT molecular complexity index is 491. The maximum absolute atomic E-state index is 6.12. The molecule has 2 aromatic rings. The van der Waals surface area contributed by atoms with E-state index in [0.29, 0.717) is 6.54 Å². The van der Waals surface area contributed by atoms with Gasteiger partial charge in [0.15, 0.2) is 0 Å². The average Bonchev–Trinajstić information content (AvgIpc) is 2.63. The van der Waals surface area contributed by atoms with Crippen LogP contribution < -0.4 is 5.32 Å². The van der Waals surface area contributed by atoms with Crippen LogP contribution in [0.3, 0.4) is 0 Å². The number of anilines is 1. The smallest absolute Gasteiger partial charge is 0.0925 e. The molecule has 2 N–H and O–H groups in total. The molecule has 0 aliphatic carbocycles. The van der Waals surface area contributed by atoms with Gasteiger partial charge in [0.05, 0.1) is 29.3 Å². The van der Waals surface area contributed by atoms with Gasteiger partial charge in [-0.3, -0.25) is 0 Å². The minimum atomic E-state index is 0.679. The second-order valence-corrected chi connectivity index (χ2v) is 4.22. The van der Waals surface area contributed by atoms with Crippen molar-refractivity contribution in [2.45, 2.75) is 20.4 Å². The lowest BCUT2D eigenvalue weighted by Crippen LogP contribution is -2.01. The Labute approximate surface area is 99.9 Å². The lowest BCUT2D eigenvalue weighted by Gasteiger charge is -2.08. The summed E-state index contributed by atoms with van der Waals surface area (Å²) in [6.45, 7) is 4.70. The highest BCUT2D eigenvalue weighted by Crippen LogP contribution is 2.23. The van der Waals surface area contributed by atoms with Gasteiger partial charge in [-0.15, -0.1) is 0 Å². The topological polar surface area (TPSA) is 40.7 Å². The minimum absolute atomic E-state index is 0.679. The first-order chi connectivity index (χ1) is 7.66. The SMILES string of the molecule is Cc1ccc(NCc2nc[nH]c2C)c(Cl)c1. The minimum Gasteiger partial charge on any atom is -0.378 e. The monoisotopic (exact) mass is 235 g/mol. The van der Waals surface area contributed by atoms with Crippen LogP contribution in [0.15, 0.2) is 24.5 Å². The predicted molar refractivity (Wildman–Crippen MR) is 66.8 cm³/mol. The van der Waals surface area contributed by atoms with Crippen molar-refractivity contribution in [2.75, 3.05) is 5.32 Å². The number of imidazole rings is 1. The van der Waals surface area contributed by atoms with E-state index in [9.17, 15) is 0 Å². The van der Waals surface area contributed by atoms with E-state index >= 15 is 0 Å². The van der Waals surface area contributed by atoms with Gasteiger partial charge >= 0.3 is 0 Å². The van der Waals surface area contributed by atoms with Crippen LogP contribution in [0.1, 0.15) is 17.0 Å². The van der Waals surface area contributed by atoms with Crippen molar-refractivity contribution in [1.29, 1.82) is 0 Å². The Kier molecular flexibility index (Phi) is 3.15. The van der Waals surface area contributed by atoms with E-state index < -0.39 is 0 Å². The molecular formula is C12H14ClN3. The predicted octanol–water partition coefficient (Wildman–Crippen LogP) is 3.29. The second kappa shape index (κ2) is 4.58. The van der Waals surface area contributed by atoms with E-state index in [1.54, 1.807) is 6.33 Å². The molecule has 0 bridgehead atoms.